The summed E-state index contributed by atoms with van der Waals surface area (Å²) in [4.78, 5) is 43.9. The van der Waals surface area contributed by atoms with E-state index in [9.17, 15) is 14.4 Å². The van der Waals surface area contributed by atoms with Gasteiger partial charge in [0.25, 0.3) is 0 Å². The van der Waals surface area contributed by atoms with Crippen LogP contribution in [0.15, 0.2) is 18.2 Å². The van der Waals surface area contributed by atoms with E-state index >= 15 is 0 Å². The minimum atomic E-state index is -1.00. The van der Waals surface area contributed by atoms with Gasteiger partial charge in [-0.2, -0.15) is 0 Å². The van der Waals surface area contributed by atoms with E-state index in [4.69, 9.17) is 16.0 Å². The second kappa shape index (κ2) is 9.51. The lowest BCUT2D eigenvalue weighted by Gasteiger charge is -2.35. The Kier molecular flexibility index (Phi) is 7.25. The minimum absolute atomic E-state index is 0.288. The van der Waals surface area contributed by atoms with Crippen molar-refractivity contribution >= 4 is 38.1 Å². The predicted octanol–water partition coefficient (Wildman–Crippen LogP) is 4.21. The summed E-state index contributed by atoms with van der Waals surface area (Å²) in [5.41, 5.74) is -0.197. The van der Waals surface area contributed by atoms with Crippen molar-refractivity contribution in [2.75, 3.05) is 11.5 Å². The number of hydrogen-bond acceptors (Lipinski definition) is 5. The molecule has 2 bridgehead atoms. The second-order valence-electron chi connectivity index (χ2n) is 9.87. The van der Waals surface area contributed by atoms with E-state index in [1.54, 1.807) is 32.0 Å². The molecule has 0 saturated carbocycles. The van der Waals surface area contributed by atoms with E-state index in [1.807, 2.05) is 20.8 Å². The van der Waals surface area contributed by atoms with Gasteiger partial charge in [-0.25, -0.2) is 14.5 Å². The molecule has 9 heteroatoms. The van der Waals surface area contributed by atoms with E-state index in [0.29, 0.717) is 30.0 Å². The standard InChI is InChI=1S/C23H29N3O5Si.C2H6/c1-13-11-14(7-8-15(13)24-4)26-19(27)17-18(20(26)28)23(3)16(12-22(17,2)31-23)25-21(29)30-9-10-32(5)6;1-2/h7-8,11,16-18,32H,9-10,12H2,1-3,5-6H3,(H,25,29);1-2H3/t16-,17-,18+,22?,23?;/m0./s1. The van der Waals surface area contributed by atoms with Crippen LogP contribution in [0.25, 0.3) is 4.85 Å². The molecule has 184 valence electrons. The number of hydrogen-bond donors (Lipinski definition) is 1. The first-order valence-electron chi connectivity index (χ1n) is 12.0. The Morgan fingerprint density at radius 3 is 2.50 bits per heavy atom. The zero-order chi connectivity index (χ0) is 25.4. The Labute approximate surface area is 203 Å². The van der Waals surface area contributed by atoms with Gasteiger partial charge in [0.15, 0.2) is 5.69 Å². The van der Waals surface area contributed by atoms with Gasteiger partial charge in [0.2, 0.25) is 11.8 Å². The van der Waals surface area contributed by atoms with Gasteiger partial charge in [-0.05, 0) is 44.5 Å². The molecular formula is C25H35N3O5Si. The highest BCUT2D eigenvalue weighted by Gasteiger charge is 2.76. The van der Waals surface area contributed by atoms with Crippen LogP contribution in [0, 0.1) is 25.3 Å². The third-order valence-electron chi connectivity index (χ3n) is 7.12. The average molecular weight is 486 g/mol. The number of rotatable bonds is 5. The van der Waals surface area contributed by atoms with E-state index in [-0.39, 0.29) is 11.8 Å². The highest BCUT2D eigenvalue weighted by atomic mass is 28.3. The van der Waals surface area contributed by atoms with Crippen molar-refractivity contribution in [2.24, 2.45) is 11.8 Å². The van der Waals surface area contributed by atoms with Crippen LogP contribution in [0.3, 0.4) is 0 Å². The number of fused-ring (bicyclic) bond motifs is 5. The first-order chi connectivity index (χ1) is 16.0. The molecule has 4 rings (SSSR count). The molecular weight excluding hydrogens is 450 g/mol. The molecule has 1 aromatic carbocycles. The van der Waals surface area contributed by atoms with Gasteiger partial charge in [0, 0.05) is 20.9 Å². The number of carbonyl (C=O) groups excluding carboxylic acids is 3. The molecule has 34 heavy (non-hydrogen) atoms. The molecule has 1 aromatic rings. The number of imide groups is 1. The van der Waals surface area contributed by atoms with Gasteiger partial charge < -0.3 is 14.8 Å². The van der Waals surface area contributed by atoms with Crippen LogP contribution < -0.4 is 10.2 Å². The van der Waals surface area contributed by atoms with Gasteiger partial charge in [-0.3, -0.25) is 9.59 Å². The Morgan fingerprint density at radius 2 is 1.91 bits per heavy atom. The molecule has 0 radical (unpaired) electrons. The van der Waals surface area contributed by atoms with Crippen LogP contribution in [0.4, 0.5) is 16.2 Å². The van der Waals surface area contributed by atoms with Crippen molar-refractivity contribution in [3.05, 3.63) is 35.2 Å². The molecule has 3 amide bonds. The summed E-state index contributed by atoms with van der Waals surface area (Å²) in [6.07, 6.45) is -0.0810. The van der Waals surface area contributed by atoms with Gasteiger partial charge in [-0.1, -0.05) is 33.0 Å². The SMILES string of the molecule is CC.[C-]#[N+]c1ccc(N2C(=O)[C@@H]3[C@H](C2=O)C2(C)OC3(C)C[C@@H]2NC(=O)OCC[SiH](C)C)cc1C. The summed E-state index contributed by atoms with van der Waals surface area (Å²) >= 11 is 0. The minimum Gasteiger partial charge on any atom is -0.450 e. The number of aryl methyl sites for hydroxylation is 1. The maximum absolute atomic E-state index is 13.5. The van der Waals surface area contributed by atoms with Crippen LogP contribution in [0.2, 0.25) is 19.1 Å². The fourth-order valence-electron chi connectivity index (χ4n) is 5.48. The predicted molar refractivity (Wildman–Crippen MR) is 133 cm³/mol. The monoisotopic (exact) mass is 485 g/mol. The maximum Gasteiger partial charge on any atom is 0.407 e. The summed E-state index contributed by atoms with van der Waals surface area (Å²) in [6, 6.07) is 5.43. The molecule has 8 nitrogen and oxygen atoms in total. The maximum atomic E-state index is 13.5. The molecule has 3 aliphatic heterocycles. The van der Waals surface area contributed by atoms with Crippen LogP contribution in [0.1, 0.15) is 39.7 Å². The largest absolute Gasteiger partial charge is 0.450 e. The summed E-state index contributed by atoms with van der Waals surface area (Å²) in [6.45, 7) is 21.4. The first kappa shape index (κ1) is 25.9. The summed E-state index contributed by atoms with van der Waals surface area (Å²) in [7, 11) is -0.815. The summed E-state index contributed by atoms with van der Waals surface area (Å²) < 4.78 is 11.6. The molecule has 0 aromatic heterocycles. The molecule has 3 fully saturated rings. The van der Waals surface area contributed by atoms with Crippen molar-refractivity contribution in [1.82, 2.24) is 5.32 Å². The fraction of sp³-hybridized carbons (Fsp3) is 0.600. The highest BCUT2D eigenvalue weighted by Crippen LogP contribution is 2.61. The summed E-state index contributed by atoms with van der Waals surface area (Å²) in [5.74, 6) is -1.92. The fourth-order valence-corrected chi connectivity index (χ4v) is 6.07. The quantitative estimate of drug-likeness (QED) is 0.383. The first-order valence-corrected chi connectivity index (χ1v) is 15.1. The average Bonchev–Trinajstić information content (AvgIpc) is 3.29. The van der Waals surface area contributed by atoms with Gasteiger partial charge in [-0.15, -0.1) is 0 Å². The molecule has 3 aliphatic rings. The highest BCUT2D eigenvalue weighted by molar-refractivity contribution is 6.55. The van der Waals surface area contributed by atoms with E-state index in [2.05, 4.69) is 23.3 Å². The number of ether oxygens (including phenoxy) is 2. The van der Waals surface area contributed by atoms with Crippen molar-refractivity contribution < 1.29 is 23.9 Å². The molecule has 3 heterocycles. The number of nitrogens with one attached hydrogen (secondary N) is 1. The van der Waals surface area contributed by atoms with Crippen LogP contribution in [0.5, 0.6) is 0 Å². The van der Waals surface area contributed by atoms with Crippen molar-refractivity contribution in [2.45, 2.75) is 77.4 Å². The lowest BCUT2D eigenvalue weighted by Crippen LogP contribution is -2.56. The number of alkyl carbamates (subject to hydrolysis) is 1. The van der Waals surface area contributed by atoms with Crippen LogP contribution in [-0.2, 0) is 19.1 Å². The van der Waals surface area contributed by atoms with E-state index in [1.165, 1.54) is 4.90 Å². The Balaban J connectivity index is 0.00000158. The summed E-state index contributed by atoms with van der Waals surface area (Å²) in [5, 5.41) is 2.89. The zero-order valence-electron chi connectivity index (χ0n) is 21.1. The third-order valence-corrected chi connectivity index (χ3v) is 8.51. The Bertz CT molecular complexity index is 1040. The smallest absolute Gasteiger partial charge is 0.407 e. The number of carbonyl (C=O) groups is 3. The van der Waals surface area contributed by atoms with Gasteiger partial charge in [0.05, 0.1) is 42.3 Å². The topological polar surface area (TPSA) is 89.3 Å². The number of amides is 3. The van der Waals surface area contributed by atoms with Crippen molar-refractivity contribution in [3.63, 3.8) is 0 Å². The van der Waals surface area contributed by atoms with Gasteiger partial charge in [0.1, 0.15) is 0 Å². The molecule has 2 unspecified atom stereocenters. The lowest BCUT2D eigenvalue weighted by molar-refractivity contribution is -0.129. The molecule has 1 N–H and O–H groups in total. The van der Waals surface area contributed by atoms with Crippen molar-refractivity contribution in [1.29, 1.82) is 0 Å². The number of benzene rings is 1. The van der Waals surface area contributed by atoms with Gasteiger partial charge >= 0.3 is 6.09 Å². The van der Waals surface area contributed by atoms with Crippen LogP contribution in [-0.4, -0.2) is 50.6 Å². The number of anilines is 1. The van der Waals surface area contributed by atoms with E-state index < -0.39 is 44.0 Å². The van der Waals surface area contributed by atoms with Crippen molar-refractivity contribution in [3.8, 4) is 0 Å². The second-order valence-corrected chi connectivity index (χ2v) is 13.2. The third kappa shape index (κ3) is 4.14. The normalized spacial score (nSPS) is 31.1. The van der Waals surface area contributed by atoms with E-state index in [0.717, 1.165) is 6.04 Å². The zero-order valence-corrected chi connectivity index (χ0v) is 22.3. The Hall–Kier alpha value is -2.70. The molecule has 0 spiro atoms. The Morgan fingerprint density at radius 1 is 1.26 bits per heavy atom. The molecule has 0 aliphatic carbocycles. The molecule has 5 atom stereocenters. The lowest BCUT2D eigenvalue weighted by atomic mass is 9.66. The molecule has 3 saturated heterocycles. The number of nitrogens with zero attached hydrogens (tertiary/aromatic N) is 2. The van der Waals surface area contributed by atoms with Crippen LogP contribution >= 0.6 is 0 Å².